The van der Waals surface area contributed by atoms with E-state index in [1.807, 2.05) is 31.2 Å². The number of hydrogen-bond donors (Lipinski definition) is 1. The summed E-state index contributed by atoms with van der Waals surface area (Å²) >= 11 is 0. The van der Waals surface area contributed by atoms with Gasteiger partial charge in [0.2, 0.25) is 5.91 Å². The Balaban J connectivity index is 1.56. The summed E-state index contributed by atoms with van der Waals surface area (Å²) in [4.78, 5) is 16.9. The molecule has 2 rings (SSSR count). The van der Waals surface area contributed by atoms with Crippen LogP contribution in [-0.4, -0.2) is 18.6 Å². The van der Waals surface area contributed by atoms with E-state index < -0.39 is 0 Å². The number of rotatable bonds is 7. The first-order valence-electron chi connectivity index (χ1n) is 7.38. The molecule has 1 fully saturated rings. The van der Waals surface area contributed by atoms with Gasteiger partial charge in [-0.2, -0.15) is 0 Å². The number of nitrogens with one attached hydrogen (secondary N) is 1. The summed E-state index contributed by atoms with van der Waals surface area (Å²) in [5.74, 6) is 0.820. The van der Waals surface area contributed by atoms with Crippen LogP contribution in [0.5, 0.6) is 5.75 Å². The van der Waals surface area contributed by atoms with Gasteiger partial charge in [-0.3, -0.25) is 9.63 Å². The molecule has 1 aromatic carbocycles. The van der Waals surface area contributed by atoms with Crippen LogP contribution in [-0.2, 0) is 9.63 Å². The molecule has 1 amide bonds. The number of aryl methyl sites for hydroxylation is 1. The Hall–Kier alpha value is -1.55. The zero-order valence-corrected chi connectivity index (χ0v) is 12.1. The van der Waals surface area contributed by atoms with Gasteiger partial charge in [-0.15, -0.1) is 0 Å². The molecule has 0 saturated heterocycles. The summed E-state index contributed by atoms with van der Waals surface area (Å²) in [5, 5.41) is 0. The first-order chi connectivity index (χ1) is 9.75. The predicted molar refractivity (Wildman–Crippen MR) is 77.4 cm³/mol. The monoisotopic (exact) mass is 277 g/mol. The largest absolute Gasteiger partial charge is 0.493 e. The topological polar surface area (TPSA) is 47.6 Å². The van der Waals surface area contributed by atoms with Gasteiger partial charge in [0.25, 0.3) is 0 Å². The van der Waals surface area contributed by atoms with Crippen LogP contribution in [0.2, 0.25) is 0 Å². The van der Waals surface area contributed by atoms with Gasteiger partial charge in [0, 0.05) is 6.42 Å². The average Bonchev–Trinajstić information content (AvgIpc) is 2.96. The van der Waals surface area contributed by atoms with E-state index in [0.29, 0.717) is 19.4 Å². The highest BCUT2D eigenvalue weighted by Gasteiger charge is 2.16. The van der Waals surface area contributed by atoms with Crippen LogP contribution in [0.3, 0.4) is 0 Å². The van der Waals surface area contributed by atoms with Gasteiger partial charge in [0.15, 0.2) is 0 Å². The summed E-state index contributed by atoms with van der Waals surface area (Å²) in [7, 11) is 0. The molecule has 20 heavy (non-hydrogen) atoms. The van der Waals surface area contributed by atoms with Crippen molar-refractivity contribution in [3.8, 4) is 5.75 Å². The maximum absolute atomic E-state index is 11.6. The summed E-state index contributed by atoms with van der Waals surface area (Å²) in [6.07, 6.45) is 5.83. The van der Waals surface area contributed by atoms with Crippen LogP contribution >= 0.6 is 0 Å². The Kier molecular flexibility index (Phi) is 5.87. The Morgan fingerprint density at radius 3 is 2.80 bits per heavy atom. The second kappa shape index (κ2) is 7.90. The minimum absolute atomic E-state index is 0.0646. The highest BCUT2D eigenvalue weighted by Crippen LogP contribution is 2.20. The first-order valence-corrected chi connectivity index (χ1v) is 7.38. The Bertz CT molecular complexity index is 427. The molecule has 0 unspecified atom stereocenters. The van der Waals surface area contributed by atoms with Crippen molar-refractivity contribution in [2.75, 3.05) is 6.61 Å². The van der Waals surface area contributed by atoms with Crippen molar-refractivity contribution in [1.29, 1.82) is 0 Å². The van der Waals surface area contributed by atoms with Crippen molar-refractivity contribution in [2.45, 2.75) is 51.6 Å². The third-order valence-corrected chi connectivity index (χ3v) is 3.54. The fourth-order valence-corrected chi connectivity index (χ4v) is 2.34. The molecule has 4 heteroatoms. The number of hydrogen-bond acceptors (Lipinski definition) is 3. The Morgan fingerprint density at radius 1 is 1.30 bits per heavy atom. The highest BCUT2D eigenvalue weighted by atomic mass is 16.7. The van der Waals surface area contributed by atoms with E-state index in [2.05, 4.69) is 5.48 Å². The fourth-order valence-electron chi connectivity index (χ4n) is 2.34. The molecule has 1 aliphatic carbocycles. The number of ether oxygens (including phenoxy) is 1. The normalized spacial score (nSPS) is 15.2. The van der Waals surface area contributed by atoms with Crippen molar-refractivity contribution < 1.29 is 14.4 Å². The van der Waals surface area contributed by atoms with Crippen molar-refractivity contribution >= 4 is 5.91 Å². The Labute approximate surface area is 120 Å². The van der Waals surface area contributed by atoms with Crippen LogP contribution < -0.4 is 10.2 Å². The smallest absolute Gasteiger partial charge is 0.243 e. The van der Waals surface area contributed by atoms with Gasteiger partial charge in [-0.1, -0.05) is 31.0 Å². The standard InChI is InChI=1S/C16H23NO3/c1-13-7-2-5-10-15(13)19-12-6-11-16(18)17-20-14-8-3-4-9-14/h2,5,7,10,14H,3-4,6,8-9,11-12H2,1H3,(H,17,18). The molecule has 1 saturated carbocycles. The SMILES string of the molecule is Cc1ccccc1OCCCC(=O)NOC1CCCC1. The van der Waals surface area contributed by atoms with Gasteiger partial charge in [-0.25, -0.2) is 5.48 Å². The summed E-state index contributed by atoms with van der Waals surface area (Å²) < 4.78 is 5.64. The lowest BCUT2D eigenvalue weighted by Gasteiger charge is -2.11. The molecule has 0 radical (unpaired) electrons. The molecule has 0 bridgehead atoms. The molecule has 0 atom stereocenters. The van der Waals surface area contributed by atoms with Crippen molar-refractivity contribution in [3.05, 3.63) is 29.8 Å². The Morgan fingerprint density at radius 2 is 2.05 bits per heavy atom. The molecule has 1 N–H and O–H groups in total. The fraction of sp³-hybridized carbons (Fsp3) is 0.562. The maximum atomic E-state index is 11.6. The lowest BCUT2D eigenvalue weighted by atomic mass is 10.2. The van der Waals surface area contributed by atoms with E-state index in [0.717, 1.165) is 24.2 Å². The molecule has 0 heterocycles. The number of para-hydroxylation sites is 1. The molecular formula is C16H23NO3. The molecule has 1 aromatic rings. The van der Waals surface area contributed by atoms with E-state index in [9.17, 15) is 4.79 Å². The molecule has 1 aliphatic rings. The van der Waals surface area contributed by atoms with Gasteiger partial charge in [0.1, 0.15) is 5.75 Å². The quantitative estimate of drug-likeness (QED) is 0.615. The van der Waals surface area contributed by atoms with Gasteiger partial charge in [-0.05, 0) is 37.8 Å². The number of benzene rings is 1. The third kappa shape index (κ3) is 4.85. The van der Waals surface area contributed by atoms with Gasteiger partial charge >= 0.3 is 0 Å². The predicted octanol–water partition coefficient (Wildman–Crippen LogP) is 3.14. The number of carbonyl (C=O) groups excluding carboxylic acids is 1. The third-order valence-electron chi connectivity index (χ3n) is 3.54. The molecular weight excluding hydrogens is 254 g/mol. The average molecular weight is 277 g/mol. The first kappa shape index (κ1) is 14.9. The zero-order valence-electron chi connectivity index (χ0n) is 12.1. The lowest BCUT2D eigenvalue weighted by Crippen LogP contribution is -2.28. The number of hydroxylamine groups is 1. The second-order valence-electron chi connectivity index (χ2n) is 5.27. The van der Waals surface area contributed by atoms with E-state index in [1.54, 1.807) is 0 Å². The van der Waals surface area contributed by atoms with Crippen LogP contribution in [0.4, 0.5) is 0 Å². The number of carbonyl (C=O) groups is 1. The number of amides is 1. The minimum atomic E-state index is -0.0646. The van der Waals surface area contributed by atoms with Crippen LogP contribution in [0.1, 0.15) is 44.1 Å². The summed E-state index contributed by atoms with van der Waals surface area (Å²) in [6, 6.07) is 7.89. The second-order valence-corrected chi connectivity index (χ2v) is 5.27. The highest BCUT2D eigenvalue weighted by molar-refractivity contribution is 5.74. The van der Waals surface area contributed by atoms with E-state index >= 15 is 0 Å². The molecule has 4 nitrogen and oxygen atoms in total. The minimum Gasteiger partial charge on any atom is -0.493 e. The van der Waals surface area contributed by atoms with Crippen molar-refractivity contribution in [2.24, 2.45) is 0 Å². The van der Waals surface area contributed by atoms with Crippen LogP contribution in [0.25, 0.3) is 0 Å². The van der Waals surface area contributed by atoms with E-state index in [-0.39, 0.29) is 12.0 Å². The molecule has 0 aliphatic heterocycles. The van der Waals surface area contributed by atoms with Crippen molar-refractivity contribution in [3.63, 3.8) is 0 Å². The molecule has 110 valence electrons. The van der Waals surface area contributed by atoms with Gasteiger partial charge < -0.3 is 4.74 Å². The molecule has 0 spiro atoms. The summed E-state index contributed by atoms with van der Waals surface area (Å²) in [5.41, 5.74) is 3.65. The molecule has 0 aromatic heterocycles. The van der Waals surface area contributed by atoms with E-state index in [4.69, 9.17) is 9.57 Å². The zero-order chi connectivity index (χ0) is 14.2. The van der Waals surface area contributed by atoms with Crippen molar-refractivity contribution in [1.82, 2.24) is 5.48 Å². The lowest BCUT2D eigenvalue weighted by molar-refractivity contribution is -0.138. The summed E-state index contributed by atoms with van der Waals surface area (Å²) in [6.45, 7) is 2.55. The van der Waals surface area contributed by atoms with Crippen LogP contribution in [0, 0.1) is 6.92 Å². The maximum Gasteiger partial charge on any atom is 0.243 e. The van der Waals surface area contributed by atoms with E-state index in [1.165, 1.54) is 12.8 Å². The van der Waals surface area contributed by atoms with Gasteiger partial charge in [0.05, 0.1) is 12.7 Å². The van der Waals surface area contributed by atoms with Crippen LogP contribution in [0.15, 0.2) is 24.3 Å².